The van der Waals surface area contributed by atoms with Crippen molar-refractivity contribution in [2.75, 3.05) is 12.3 Å². The lowest BCUT2D eigenvalue weighted by Crippen LogP contribution is -2.42. The molecule has 0 unspecified atom stereocenters. The number of aliphatic carboxylic acids is 2. The summed E-state index contributed by atoms with van der Waals surface area (Å²) in [6, 6.07) is -1.76. The Hall–Kier alpha value is -2.59. The zero-order valence-corrected chi connectivity index (χ0v) is 15.8. The molecule has 5 atom stereocenters. The Kier molecular flexibility index (Phi) is 7.14. The summed E-state index contributed by atoms with van der Waals surface area (Å²) in [5.41, 5.74) is 5.27. The second kappa shape index (κ2) is 9.05. The van der Waals surface area contributed by atoms with E-state index in [1.54, 1.807) is 0 Å². The highest BCUT2D eigenvalue weighted by molar-refractivity contribution is 7.46. The number of hydrogen-bond acceptors (Lipinski definition) is 10. The molecule has 1 fully saturated rings. The summed E-state index contributed by atoms with van der Waals surface area (Å²) in [4.78, 5) is 55.1. The zero-order valence-electron chi connectivity index (χ0n) is 14.9. The smallest absolute Gasteiger partial charge is 0.469 e. The fourth-order valence-electron chi connectivity index (χ4n) is 2.62. The van der Waals surface area contributed by atoms with Crippen molar-refractivity contribution in [1.82, 2.24) is 14.9 Å². The minimum Gasteiger partial charge on any atom is -0.481 e. The van der Waals surface area contributed by atoms with Crippen molar-refractivity contribution in [1.29, 1.82) is 0 Å². The molecule has 1 aliphatic heterocycles. The van der Waals surface area contributed by atoms with Crippen LogP contribution in [-0.2, 0) is 23.4 Å². The highest BCUT2D eigenvalue weighted by atomic mass is 31.2. The highest BCUT2D eigenvalue weighted by Gasteiger charge is 2.45. The van der Waals surface area contributed by atoms with Gasteiger partial charge in [0, 0.05) is 0 Å². The predicted octanol–water partition coefficient (Wildman–Crippen LogP) is -3.15. The van der Waals surface area contributed by atoms with Gasteiger partial charge in [0.05, 0.1) is 19.4 Å². The molecule has 0 aromatic carbocycles. The summed E-state index contributed by atoms with van der Waals surface area (Å²) in [5.74, 6) is -4.61. The van der Waals surface area contributed by atoms with Crippen LogP contribution in [0.2, 0.25) is 0 Å². The van der Waals surface area contributed by atoms with Crippen LogP contribution in [0, 0.1) is 0 Å². The molecule has 0 saturated carbocycles. The number of carboxylic acids is 2. The third-order valence-electron chi connectivity index (χ3n) is 4.05. The van der Waals surface area contributed by atoms with Gasteiger partial charge in [0.2, 0.25) is 0 Å². The Morgan fingerprint density at radius 2 is 1.93 bits per heavy atom. The summed E-state index contributed by atoms with van der Waals surface area (Å²) in [6.07, 6.45) is -6.03. The van der Waals surface area contributed by atoms with Crippen molar-refractivity contribution in [3.05, 3.63) is 12.0 Å². The number of anilines is 1. The van der Waals surface area contributed by atoms with E-state index in [0.29, 0.717) is 0 Å². The van der Waals surface area contributed by atoms with Gasteiger partial charge in [-0.15, -0.1) is 0 Å². The first-order valence-corrected chi connectivity index (χ1v) is 9.64. The van der Waals surface area contributed by atoms with Crippen molar-refractivity contribution in [3.63, 3.8) is 0 Å². The summed E-state index contributed by atoms with van der Waals surface area (Å²) >= 11 is 0. The van der Waals surface area contributed by atoms with Gasteiger partial charge in [-0.1, -0.05) is 0 Å². The van der Waals surface area contributed by atoms with Crippen LogP contribution in [0.15, 0.2) is 6.33 Å². The number of aromatic nitrogens is 2. The molecule has 0 spiro atoms. The molecule has 1 aliphatic rings. The number of nitrogens with two attached hydrogens (primary N) is 1. The number of ether oxygens (including phenoxy) is 1. The fraction of sp³-hybridized carbons (Fsp3) is 0.538. The molecule has 17 heteroatoms. The zero-order chi connectivity index (χ0) is 22.8. The van der Waals surface area contributed by atoms with E-state index in [1.165, 1.54) is 0 Å². The average molecular weight is 454 g/mol. The number of nitrogens with one attached hydrogen (secondary N) is 1. The number of rotatable bonds is 9. The topological polar surface area (TPSA) is 264 Å². The molecule has 1 amide bonds. The molecule has 2 rings (SSSR count). The normalized spacial score (nSPS) is 25.1. The molecule has 9 N–H and O–H groups in total. The van der Waals surface area contributed by atoms with E-state index in [9.17, 15) is 29.2 Å². The number of nitrogens with zero attached hydrogens (tertiary/aromatic N) is 2. The number of hydrogen-bond donors (Lipinski definition) is 8. The minimum atomic E-state index is -4.87. The number of nitrogen functional groups attached to an aromatic ring is 1. The number of carboxylic acid groups (broad SMARTS) is 2. The highest BCUT2D eigenvalue weighted by Crippen LogP contribution is 2.38. The van der Waals surface area contributed by atoms with Gasteiger partial charge >= 0.3 is 19.8 Å². The molecule has 168 valence electrons. The van der Waals surface area contributed by atoms with Crippen LogP contribution in [0.25, 0.3) is 0 Å². The number of aliphatic hydroxyl groups is 2. The van der Waals surface area contributed by atoms with E-state index < -0.39 is 80.8 Å². The van der Waals surface area contributed by atoms with Crippen LogP contribution in [0.3, 0.4) is 0 Å². The monoisotopic (exact) mass is 454 g/mol. The van der Waals surface area contributed by atoms with E-state index in [2.05, 4.69) is 9.51 Å². The first-order chi connectivity index (χ1) is 13.8. The number of aliphatic hydroxyl groups excluding tert-OH is 2. The van der Waals surface area contributed by atoms with Gasteiger partial charge in [0.1, 0.15) is 30.2 Å². The Morgan fingerprint density at radius 1 is 1.30 bits per heavy atom. The first kappa shape index (κ1) is 23.7. The molecule has 1 aromatic heterocycles. The lowest BCUT2D eigenvalue weighted by molar-refractivity contribution is -0.145. The van der Waals surface area contributed by atoms with Crippen molar-refractivity contribution in [2.24, 2.45) is 0 Å². The van der Waals surface area contributed by atoms with Crippen LogP contribution in [0.4, 0.5) is 5.82 Å². The molecule has 2 heterocycles. The van der Waals surface area contributed by atoms with E-state index in [0.717, 1.165) is 10.9 Å². The standard InChI is InChI=1S/C13H19N4O12P/c14-10-7(11(22)16-4(13(23)24)1-6(18)19)15-3-17(10)12-9(21)8(20)5(29-12)2-28-30(25,26)27/h3-5,8-9,12,20-21H,1-2,14H2,(H,16,22)(H,18,19)(H,23,24)(H2,25,26,27)/t4-,5-,8-,9-,12-/m0/s1. The van der Waals surface area contributed by atoms with E-state index in [1.807, 2.05) is 5.32 Å². The van der Waals surface area contributed by atoms with E-state index in [-0.39, 0.29) is 0 Å². The van der Waals surface area contributed by atoms with Crippen molar-refractivity contribution < 1.29 is 58.4 Å². The maximum absolute atomic E-state index is 12.2. The molecule has 1 saturated heterocycles. The summed E-state index contributed by atoms with van der Waals surface area (Å²) in [6.45, 7) is -0.767. The van der Waals surface area contributed by atoms with Crippen LogP contribution < -0.4 is 11.1 Å². The quantitative estimate of drug-likeness (QED) is 0.171. The van der Waals surface area contributed by atoms with E-state index in [4.69, 9.17) is 30.5 Å². The van der Waals surface area contributed by atoms with Crippen LogP contribution in [0.1, 0.15) is 23.1 Å². The van der Waals surface area contributed by atoms with Gasteiger partial charge in [-0.3, -0.25) is 18.7 Å². The summed E-state index contributed by atoms with van der Waals surface area (Å²) < 4.78 is 21.2. The maximum Gasteiger partial charge on any atom is 0.469 e. The Balaban J connectivity index is 2.16. The largest absolute Gasteiger partial charge is 0.481 e. The molecule has 0 bridgehead atoms. The van der Waals surface area contributed by atoms with Gasteiger partial charge < -0.3 is 46.0 Å². The number of phosphoric ester groups is 1. The second-order valence-corrected chi connectivity index (χ2v) is 7.42. The Morgan fingerprint density at radius 3 is 2.47 bits per heavy atom. The van der Waals surface area contributed by atoms with Crippen LogP contribution in [-0.4, -0.2) is 88.6 Å². The molecule has 30 heavy (non-hydrogen) atoms. The molecular weight excluding hydrogens is 435 g/mol. The third-order valence-corrected chi connectivity index (χ3v) is 4.53. The van der Waals surface area contributed by atoms with Crippen LogP contribution in [0.5, 0.6) is 0 Å². The van der Waals surface area contributed by atoms with Gasteiger partial charge in [-0.25, -0.2) is 14.3 Å². The Bertz CT molecular complexity index is 868. The summed E-state index contributed by atoms with van der Waals surface area (Å²) in [5, 5.41) is 39.7. The molecule has 0 radical (unpaired) electrons. The van der Waals surface area contributed by atoms with Gasteiger partial charge in [-0.2, -0.15) is 0 Å². The van der Waals surface area contributed by atoms with Crippen molar-refractivity contribution >= 4 is 31.5 Å². The maximum atomic E-state index is 12.2. The SMILES string of the molecule is Nc1c(C(=O)N[C@@H](CC(=O)O)C(=O)O)ncn1[C@H]1O[C@@H](COP(=O)(O)O)[C@H](O)[C@@H]1O. The van der Waals surface area contributed by atoms with Gasteiger partial charge in [0.25, 0.3) is 5.91 Å². The molecule has 16 nitrogen and oxygen atoms in total. The van der Waals surface area contributed by atoms with E-state index >= 15 is 0 Å². The second-order valence-electron chi connectivity index (χ2n) is 6.18. The van der Waals surface area contributed by atoms with Gasteiger partial charge in [-0.05, 0) is 0 Å². The first-order valence-electron chi connectivity index (χ1n) is 8.11. The van der Waals surface area contributed by atoms with Crippen molar-refractivity contribution in [3.8, 4) is 0 Å². The van der Waals surface area contributed by atoms with Crippen LogP contribution >= 0.6 is 7.82 Å². The molecule has 0 aliphatic carbocycles. The summed E-state index contributed by atoms with van der Waals surface area (Å²) in [7, 11) is -4.87. The number of phosphoric acid groups is 1. The van der Waals surface area contributed by atoms with Crippen molar-refractivity contribution in [2.45, 2.75) is 37.0 Å². The van der Waals surface area contributed by atoms with Gasteiger partial charge in [0.15, 0.2) is 11.9 Å². The number of carbonyl (C=O) groups excluding carboxylic acids is 1. The number of amides is 1. The third kappa shape index (κ3) is 5.51. The number of imidazole rings is 1. The Labute approximate surface area is 167 Å². The number of carbonyl (C=O) groups is 3. The fourth-order valence-corrected chi connectivity index (χ4v) is 2.96. The minimum absolute atomic E-state index is 0.417. The average Bonchev–Trinajstić information content (AvgIpc) is 3.12. The lowest BCUT2D eigenvalue weighted by atomic mass is 10.1. The molecule has 1 aromatic rings. The predicted molar refractivity (Wildman–Crippen MR) is 91.7 cm³/mol. The molecular formula is C13H19N4O12P. The lowest BCUT2D eigenvalue weighted by Gasteiger charge is -2.18.